The Morgan fingerprint density at radius 1 is 1.57 bits per heavy atom. The van der Waals surface area contributed by atoms with E-state index in [1.165, 1.54) is 4.88 Å². The molecule has 3 N–H and O–H groups in total. The van der Waals surface area contributed by atoms with Crippen LogP contribution in [0.4, 0.5) is 5.13 Å². The van der Waals surface area contributed by atoms with Gasteiger partial charge in [-0.3, -0.25) is 10.3 Å². The van der Waals surface area contributed by atoms with Crippen LogP contribution in [0.5, 0.6) is 0 Å². The first-order valence-corrected chi connectivity index (χ1v) is 5.37. The van der Waals surface area contributed by atoms with Crippen molar-refractivity contribution < 1.29 is 0 Å². The fourth-order valence-electron chi connectivity index (χ4n) is 0.918. The van der Waals surface area contributed by atoms with Gasteiger partial charge >= 0.3 is 0 Å². The lowest BCUT2D eigenvalue weighted by atomic mass is 10.1. The van der Waals surface area contributed by atoms with Crippen LogP contribution in [0.2, 0.25) is 0 Å². The minimum absolute atomic E-state index is 0.181. The Morgan fingerprint density at radius 2 is 2.21 bits per heavy atom. The number of aromatic nitrogens is 1. The average molecular weight is 214 g/mol. The SMILES string of the molecule is CN(Cc1cnc(NN)s1)C(C)(C)C. The zero-order valence-corrected chi connectivity index (χ0v) is 9.98. The standard InChI is InChI=1S/C9H18N4S/c1-9(2,3)13(4)6-7-5-11-8(12-10)14-7/h5H,6,10H2,1-4H3,(H,11,12). The summed E-state index contributed by atoms with van der Waals surface area (Å²) in [6.07, 6.45) is 1.86. The molecule has 0 fully saturated rings. The van der Waals surface area contributed by atoms with E-state index in [0.717, 1.165) is 11.7 Å². The Bertz CT molecular complexity index is 289. The maximum absolute atomic E-state index is 5.26. The molecule has 0 saturated heterocycles. The van der Waals surface area contributed by atoms with Gasteiger partial charge in [0.2, 0.25) is 0 Å². The number of nitrogens with one attached hydrogen (secondary N) is 1. The van der Waals surface area contributed by atoms with Gasteiger partial charge in [-0.05, 0) is 27.8 Å². The first-order valence-electron chi connectivity index (χ1n) is 4.56. The summed E-state index contributed by atoms with van der Waals surface area (Å²) in [5.41, 5.74) is 2.73. The molecule has 0 bridgehead atoms. The molecule has 0 aromatic carbocycles. The Kier molecular flexibility index (Phi) is 3.47. The molecule has 0 radical (unpaired) electrons. The molecule has 1 rings (SSSR count). The van der Waals surface area contributed by atoms with Gasteiger partial charge in [0.15, 0.2) is 5.13 Å². The third kappa shape index (κ3) is 2.94. The highest BCUT2D eigenvalue weighted by atomic mass is 32.1. The average Bonchev–Trinajstić information content (AvgIpc) is 2.50. The Morgan fingerprint density at radius 3 is 2.64 bits per heavy atom. The number of rotatable bonds is 3. The molecule has 5 heteroatoms. The van der Waals surface area contributed by atoms with Crippen molar-refractivity contribution in [1.82, 2.24) is 9.88 Å². The molecule has 0 atom stereocenters. The topological polar surface area (TPSA) is 54.2 Å². The molecule has 1 aromatic rings. The third-order valence-electron chi connectivity index (χ3n) is 2.22. The maximum Gasteiger partial charge on any atom is 0.197 e. The van der Waals surface area contributed by atoms with E-state index in [0.29, 0.717) is 0 Å². The van der Waals surface area contributed by atoms with Gasteiger partial charge in [-0.2, -0.15) is 0 Å². The van der Waals surface area contributed by atoms with Gasteiger partial charge in [-0.1, -0.05) is 11.3 Å². The van der Waals surface area contributed by atoms with Crippen molar-refractivity contribution in [2.24, 2.45) is 5.84 Å². The van der Waals surface area contributed by atoms with Crippen LogP contribution in [-0.2, 0) is 6.54 Å². The number of nitrogen functional groups attached to an aromatic ring is 1. The molecule has 0 aliphatic rings. The fourth-order valence-corrected chi connectivity index (χ4v) is 1.69. The minimum atomic E-state index is 0.181. The highest BCUT2D eigenvalue weighted by molar-refractivity contribution is 7.15. The van der Waals surface area contributed by atoms with Crippen LogP contribution in [0, 0.1) is 0 Å². The predicted octanol–water partition coefficient (Wildman–Crippen LogP) is 1.66. The quantitative estimate of drug-likeness (QED) is 0.593. The zero-order valence-electron chi connectivity index (χ0n) is 9.16. The molecule has 1 heterocycles. The predicted molar refractivity (Wildman–Crippen MR) is 61.1 cm³/mol. The van der Waals surface area contributed by atoms with Crippen molar-refractivity contribution >= 4 is 16.5 Å². The van der Waals surface area contributed by atoms with Crippen LogP contribution in [0.1, 0.15) is 25.6 Å². The molecular weight excluding hydrogens is 196 g/mol. The first kappa shape index (κ1) is 11.4. The largest absolute Gasteiger partial charge is 0.300 e. The van der Waals surface area contributed by atoms with E-state index in [4.69, 9.17) is 5.84 Å². The summed E-state index contributed by atoms with van der Waals surface area (Å²) in [7, 11) is 2.11. The highest BCUT2D eigenvalue weighted by Gasteiger charge is 2.17. The van der Waals surface area contributed by atoms with Gasteiger partial charge in [-0.15, -0.1) is 0 Å². The summed E-state index contributed by atoms with van der Waals surface area (Å²) >= 11 is 1.59. The lowest BCUT2D eigenvalue weighted by molar-refractivity contribution is 0.169. The van der Waals surface area contributed by atoms with E-state index in [9.17, 15) is 0 Å². The number of anilines is 1. The van der Waals surface area contributed by atoms with Crippen LogP contribution in [0.15, 0.2) is 6.20 Å². The molecule has 14 heavy (non-hydrogen) atoms. The summed E-state index contributed by atoms with van der Waals surface area (Å²) in [6.45, 7) is 7.48. The van der Waals surface area contributed by atoms with Gasteiger partial charge in [-0.25, -0.2) is 10.8 Å². The normalized spacial score (nSPS) is 12.1. The van der Waals surface area contributed by atoms with Gasteiger partial charge in [0.1, 0.15) is 0 Å². The van der Waals surface area contributed by atoms with Crippen LogP contribution in [0.25, 0.3) is 0 Å². The number of thiazole rings is 1. The second-order valence-electron chi connectivity index (χ2n) is 4.30. The van der Waals surface area contributed by atoms with Crippen molar-refractivity contribution in [2.75, 3.05) is 12.5 Å². The summed E-state index contributed by atoms with van der Waals surface area (Å²) < 4.78 is 0. The molecule has 0 unspecified atom stereocenters. The minimum Gasteiger partial charge on any atom is -0.300 e. The van der Waals surface area contributed by atoms with Crippen molar-refractivity contribution in [3.63, 3.8) is 0 Å². The third-order valence-corrected chi connectivity index (χ3v) is 3.13. The summed E-state index contributed by atoms with van der Waals surface area (Å²) in [5, 5.41) is 0.766. The van der Waals surface area contributed by atoms with E-state index in [1.54, 1.807) is 11.3 Å². The van der Waals surface area contributed by atoms with Gasteiger partial charge < -0.3 is 0 Å². The Balaban J connectivity index is 2.60. The van der Waals surface area contributed by atoms with E-state index < -0.39 is 0 Å². The molecule has 0 amide bonds. The molecule has 1 aromatic heterocycles. The molecule has 0 aliphatic heterocycles. The molecule has 0 spiro atoms. The van der Waals surface area contributed by atoms with Crippen molar-refractivity contribution in [2.45, 2.75) is 32.9 Å². The lowest BCUT2D eigenvalue weighted by Gasteiger charge is -2.31. The number of hydrazine groups is 1. The van der Waals surface area contributed by atoms with Crippen LogP contribution >= 0.6 is 11.3 Å². The number of nitrogens with two attached hydrogens (primary N) is 1. The smallest absolute Gasteiger partial charge is 0.197 e. The summed E-state index contributed by atoms with van der Waals surface area (Å²) in [5.74, 6) is 5.26. The molecule has 0 saturated carbocycles. The summed E-state index contributed by atoms with van der Waals surface area (Å²) in [6, 6.07) is 0. The highest BCUT2D eigenvalue weighted by Crippen LogP contribution is 2.21. The van der Waals surface area contributed by atoms with Crippen molar-refractivity contribution in [3.8, 4) is 0 Å². The van der Waals surface area contributed by atoms with Gasteiger partial charge in [0.05, 0.1) is 0 Å². The number of nitrogens with zero attached hydrogens (tertiary/aromatic N) is 2. The number of hydrogen-bond acceptors (Lipinski definition) is 5. The van der Waals surface area contributed by atoms with Gasteiger partial charge in [0, 0.05) is 23.2 Å². The first-order chi connectivity index (χ1) is 6.43. The monoisotopic (exact) mass is 214 g/mol. The van der Waals surface area contributed by atoms with Crippen LogP contribution in [0.3, 0.4) is 0 Å². The van der Waals surface area contributed by atoms with E-state index in [-0.39, 0.29) is 5.54 Å². The molecule has 80 valence electrons. The van der Waals surface area contributed by atoms with Gasteiger partial charge in [0.25, 0.3) is 0 Å². The number of hydrogen-bond donors (Lipinski definition) is 2. The molecule has 0 aliphatic carbocycles. The fraction of sp³-hybridized carbons (Fsp3) is 0.667. The van der Waals surface area contributed by atoms with E-state index in [1.807, 2.05) is 6.20 Å². The molecule has 4 nitrogen and oxygen atoms in total. The summed E-state index contributed by atoms with van der Waals surface area (Å²) in [4.78, 5) is 7.62. The maximum atomic E-state index is 5.26. The van der Waals surface area contributed by atoms with Crippen molar-refractivity contribution in [1.29, 1.82) is 0 Å². The Labute approximate surface area is 89.1 Å². The Hall–Kier alpha value is -0.650. The van der Waals surface area contributed by atoms with E-state index >= 15 is 0 Å². The second kappa shape index (κ2) is 4.25. The lowest BCUT2D eigenvalue weighted by Crippen LogP contribution is -2.37. The molecular formula is C9H18N4S. The van der Waals surface area contributed by atoms with Crippen LogP contribution < -0.4 is 11.3 Å². The zero-order chi connectivity index (χ0) is 10.8. The second-order valence-corrected chi connectivity index (χ2v) is 5.42. The van der Waals surface area contributed by atoms with E-state index in [2.05, 4.69) is 43.1 Å². The van der Waals surface area contributed by atoms with Crippen molar-refractivity contribution in [3.05, 3.63) is 11.1 Å². The van der Waals surface area contributed by atoms with Crippen LogP contribution in [-0.4, -0.2) is 22.5 Å².